The van der Waals surface area contributed by atoms with E-state index >= 15 is 0 Å². The standard InChI is InChI=1S/C18H24N4OS/c1-11-20-17(22-9-5-6-12(10-22)16(19)23)15-13-7-3-2-4-8-14(13)24-18(15)21-11/h12H,2-10H2,1H3,(H2,19,23)/t12-/m1/s1. The number of piperidine rings is 1. The molecule has 0 radical (unpaired) electrons. The number of aryl methyl sites for hydroxylation is 3. The van der Waals surface area contributed by atoms with Gasteiger partial charge in [0.05, 0.1) is 11.3 Å². The number of nitrogens with two attached hydrogens (primary N) is 1. The van der Waals surface area contributed by atoms with Crippen molar-refractivity contribution in [2.75, 3.05) is 18.0 Å². The van der Waals surface area contributed by atoms with Crippen molar-refractivity contribution in [1.82, 2.24) is 9.97 Å². The van der Waals surface area contributed by atoms with Gasteiger partial charge in [-0.05, 0) is 51.0 Å². The molecule has 2 aromatic rings. The van der Waals surface area contributed by atoms with Gasteiger partial charge in [0.25, 0.3) is 0 Å². The number of fused-ring (bicyclic) bond motifs is 3. The summed E-state index contributed by atoms with van der Waals surface area (Å²) < 4.78 is 0. The molecule has 2 N–H and O–H groups in total. The molecule has 1 amide bonds. The average Bonchev–Trinajstić information content (AvgIpc) is 2.75. The maximum absolute atomic E-state index is 11.7. The Hall–Kier alpha value is -1.69. The van der Waals surface area contributed by atoms with Crippen molar-refractivity contribution in [3.05, 3.63) is 16.3 Å². The van der Waals surface area contributed by atoms with E-state index in [0.29, 0.717) is 6.54 Å². The van der Waals surface area contributed by atoms with Crippen molar-refractivity contribution in [1.29, 1.82) is 0 Å². The molecule has 0 bridgehead atoms. The minimum Gasteiger partial charge on any atom is -0.369 e. The highest BCUT2D eigenvalue weighted by atomic mass is 32.1. The number of carbonyl (C=O) groups excluding carboxylic acids is 1. The van der Waals surface area contributed by atoms with E-state index < -0.39 is 0 Å². The monoisotopic (exact) mass is 344 g/mol. The Morgan fingerprint density at radius 1 is 1.21 bits per heavy atom. The number of anilines is 1. The lowest BCUT2D eigenvalue weighted by Gasteiger charge is -2.32. The maximum Gasteiger partial charge on any atom is 0.222 e. The Morgan fingerprint density at radius 2 is 2.04 bits per heavy atom. The van der Waals surface area contributed by atoms with Crippen LogP contribution in [0.15, 0.2) is 0 Å². The van der Waals surface area contributed by atoms with Gasteiger partial charge in [0.1, 0.15) is 16.5 Å². The summed E-state index contributed by atoms with van der Waals surface area (Å²) in [5.74, 6) is 1.59. The zero-order valence-electron chi connectivity index (χ0n) is 14.2. The van der Waals surface area contributed by atoms with Gasteiger partial charge in [-0.2, -0.15) is 0 Å². The Bertz CT molecular complexity index is 785. The summed E-state index contributed by atoms with van der Waals surface area (Å²) in [5, 5.41) is 1.24. The third-order valence-corrected chi connectivity index (χ3v) is 6.47. The van der Waals surface area contributed by atoms with E-state index in [9.17, 15) is 4.79 Å². The summed E-state index contributed by atoms with van der Waals surface area (Å²) >= 11 is 1.84. The molecule has 0 aromatic carbocycles. The Kier molecular flexibility index (Phi) is 4.16. The predicted octanol–water partition coefficient (Wildman–Crippen LogP) is 2.97. The highest BCUT2D eigenvalue weighted by molar-refractivity contribution is 7.19. The molecule has 2 aliphatic rings. The Labute approximate surface area is 146 Å². The molecule has 1 saturated heterocycles. The molecule has 1 aliphatic carbocycles. The van der Waals surface area contributed by atoms with Gasteiger partial charge in [-0.25, -0.2) is 9.97 Å². The van der Waals surface area contributed by atoms with Crippen LogP contribution in [0.25, 0.3) is 10.2 Å². The highest BCUT2D eigenvalue weighted by Crippen LogP contribution is 2.40. The van der Waals surface area contributed by atoms with Gasteiger partial charge in [-0.15, -0.1) is 11.3 Å². The molecule has 5 nitrogen and oxygen atoms in total. The third-order valence-electron chi connectivity index (χ3n) is 5.28. The first kappa shape index (κ1) is 15.8. The summed E-state index contributed by atoms with van der Waals surface area (Å²) in [6.07, 6.45) is 8.00. The minimum atomic E-state index is -0.189. The first-order valence-electron chi connectivity index (χ1n) is 8.96. The normalized spacial score (nSPS) is 21.5. The van der Waals surface area contributed by atoms with Crippen molar-refractivity contribution in [2.24, 2.45) is 11.7 Å². The number of hydrogen-bond donors (Lipinski definition) is 1. The number of hydrogen-bond acceptors (Lipinski definition) is 5. The van der Waals surface area contributed by atoms with E-state index in [4.69, 9.17) is 15.7 Å². The van der Waals surface area contributed by atoms with Crippen LogP contribution in [0, 0.1) is 12.8 Å². The molecule has 0 unspecified atom stereocenters. The number of amides is 1. The van der Waals surface area contributed by atoms with Gasteiger partial charge >= 0.3 is 0 Å². The van der Waals surface area contributed by atoms with Gasteiger partial charge < -0.3 is 10.6 Å². The van der Waals surface area contributed by atoms with E-state index in [2.05, 4.69) is 4.90 Å². The number of nitrogens with zero attached hydrogens (tertiary/aromatic N) is 3. The molecule has 1 fully saturated rings. The fraction of sp³-hybridized carbons (Fsp3) is 0.611. The van der Waals surface area contributed by atoms with Gasteiger partial charge in [0.15, 0.2) is 0 Å². The molecule has 4 rings (SSSR count). The first-order chi connectivity index (χ1) is 11.6. The van der Waals surface area contributed by atoms with Gasteiger partial charge in [-0.3, -0.25) is 4.79 Å². The lowest BCUT2D eigenvalue weighted by molar-refractivity contribution is -0.122. The Morgan fingerprint density at radius 3 is 2.88 bits per heavy atom. The molecule has 1 atom stereocenters. The van der Waals surface area contributed by atoms with Crippen LogP contribution >= 0.6 is 11.3 Å². The van der Waals surface area contributed by atoms with Crippen LogP contribution in [0.2, 0.25) is 0 Å². The average molecular weight is 344 g/mol. The predicted molar refractivity (Wildman–Crippen MR) is 97.5 cm³/mol. The summed E-state index contributed by atoms with van der Waals surface area (Å²) in [7, 11) is 0. The van der Waals surface area contributed by atoms with Crippen molar-refractivity contribution >= 4 is 33.3 Å². The topological polar surface area (TPSA) is 72.1 Å². The Balaban J connectivity index is 1.82. The summed E-state index contributed by atoms with van der Waals surface area (Å²) in [4.78, 5) is 26.0. The maximum atomic E-state index is 11.7. The van der Waals surface area contributed by atoms with Crippen molar-refractivity contribution in [3.63, 3.8) is 0 Å². The van der Waals surface area contributed by atoms with E-state index in [1.54, 1.807) is 0 Å². The summed E-state index contributed by atoms with van der Waals surface area (Å²) in [6.45, 7) is 3.59. The van der Waals surface area contributed by atoms with Gasteiger partial charge in [0, 0.05) is 18.0 Å². The van der Waals surface area contributed by atoms with Crippen LogP contribution in [-0.4, -0.2) is 29.0 Å². The van der Waals surface area contributed by atoms with Gasteiger partial charge in [0.2, 0.25) is 5.91 Å². The van der Waals surface area contributed by atoms with Crippen LogP contribution < -0.4 is 10.6 Å². The molecule has 3 heterocycles. The minimum absolute atomic E-state index is 0.0682. The van der Waals surface area contributed by atoms with E-state index in [-0.39, 0.29) is 11.8 Å². The van der Waals surface area contributed by atoms with Crippen molar-refractivity contribution in [3.8, 4) is 0 Å². The van der Waals surface area contributed by atoms with Crippen LogP contribution in [-0.2, 0) is 17.6 Å². The number of aromatic nitrogens is 2. The zero-order chi connectivity index (χ0) is 16.7. The second kappa shape index (κ2) is 6.31. The highest BCUT2D eigenvalue weighted by Gasteiger charge is 2.28. The van der Waals surface area contributed by atoms with Crippen LogP contribution in [0.3, 0.4) is 0 Å². The molecule has 0 saturated carbocycles. The smallest absolute Gasteiger partial charge is 0.222 e. The first-order valence-corrected chi connectivity index (χ1v) is 9.78. The number of rotatable bonds is 2. The van der Waals surface area contributed by atoms with Crippen LogP contribution in [0.1, 0.15) is 48.4 Å². The fourth-order valence-electron chi connectivity index (χ4n) is 4.05. The number of carbonyl (C=O) groups is 1. The molecule has 6 heteroatoms. The molecular weight excluding hydrogens is 320 g/mol. The zero-order valence-corrected chi connectivity index (χ0v) is 15.0. The van der Waals surface area contributed by atoms with E-state index in [0.717, 1.165) is 42.3 Å². The van der Waals surface area contributed by atoms with Crippen LogP contribution in [0.4, 0.5) is 5.82 Å². The summed E-state index contributed by atoms with van der Waals surface area (Å²) in [6, 6.07) is 0. The molecule has 0 spiro atoms. The molecule has 2 aromatic heterocycles. The lowest BCUT2D eigenvalue weighted by Crippen LogP contribution is -2.41. The largest absolute Gasteiger partial charge is 0.369 e. The fourth-order valence-corrected chi connectivity index (χ4v) is 5.35. The summed E-state index contributed by atoms with van der Waals surface area (Å²) in [5.41, 5.74) is 7.03. The SMILES string of the molecule is Cc1nc(N2CCC[C@@H](C(N)=O)C2)c2c3c(sc2n1)CCCCC3. The quantitative estimate of drug-likeness (QED) is 0.850. The van der Waals surface area contributed by atoms with E-state index in [1.165, 1.54) is 41.5 Å². The van der Waals surface area contributed by atoms with Crippen molar-refractivity contribution in [2.45, 2.75) is 51.9 Å². The molecule has 128 valence electrons. The van der Waals surface area contributed by atoms with Crippen molar-refractivity contribution < 1.29 is 4.79 Å². The number of primary amides is 1. The molecular formula is C18H24N4OS. The molecule has 1 aliphatic heterocycles. The number of thiophene rings is 1. The van der Waals surface area contributed by atoms with E-state index in [1.807, 2.05) is 18.3 Å². The van der Waals surface area contributed by atoms with Gasteiger partial charge in [-0.1, -0.05) is 6.42 Å². The second-order valence-electron chi connectivity index (χ2n) is 7.03. The second-order valence-corrected chi connectivity index (χ2v) is 8.11. The third kappa shape index (κ3) is 2.77. The lowest BCUT2D eigenvalue weighted by atomic mass is 9.97. The van der Waals surface area contributed by atoms with Crippen LogP contribution in [0.5, 0.6) is 0 Å². The molecule has 24 heavy (non-hydrogen) atoms.